The summed E-state index contributed by atoms with van der Waals surface area (Å²) in [7, 11) is 0. The summed E-state index contributed by atoms with van der Waals surface area (Å²) in [5, 5.41) is 0. The fraction of sp³-hybridized carbons (Fsp3) is 0.0769. The fourth-order valence-electron chi connectivity index (χ4n) is 1.45. The second-order valence-corrected chi connectivity index (χ2v) is 4.72. The van der Waals surface area contributed by atoms with E-state index in [0.717, 1.165) is 16.6 Å². The maximum absolute atomic E-state index is 12.5. The lowest BCUT2D eigenvalue weighted by atomic mass is 10.2. The van der Waals surface area contributed by atoms with E-state index >= 15 is 0 Å². The van der Waals surface area contributed by atoms with Crippen molar-refractivity contribution in [3.8, 4) is 11.5 Å². The second kappa shape index (κ2) is 5.13. The number of anilines is 1. The number of nitrogens with two attached hydrogens (primary N) is 1. The molecule has 19 heavy (non-hydrogen) atoms. The first-order valence-corrected chi connectivity index (χ1v) is 6.06. The third kappa shape index (κ3) is 3.41. The predicted octanol–water partition coefficient (Wildman–Crippen LogP) is 4.84. The molecule has 2 aromatic rings. The Balaban J connectivity index is 2.24. The highest BCUT2D eigenvalue weighted by Crippen LogP contribution is 2.35. The third-order valence-corrected chi connectivity index (χ3v) is 2.91. The summed E-state index contributed by atoms with van der Waals surface area (Å²) < 4.78 is 43.7. The number of benzene rings is 2. The Bertz CT molecular complexity index is 581. The first-order valence-electron chi connectivity index (χ1n) is 5.26. The molecule has 0 amide bonds. The predicted molar refractivity (Wildman–Crippen MR) is 70.1 cm³/mol. The summed E-state index contributed by atoms with van der Waals surface area (Å²) in [6, 6.07) is 9.88. The van der Waals surface area contributed by atoms with Gasteiger partial charge in [-0.3, -0.25) is 0 Å². The lowest BCUT2D eigenvalue weighted by Gasteiger charge is -2.11. The van der Waals surface area contributed by atoms with E-state index in [9.17, 15) is 13.2 Å². The number of rotatable bonds is 2. The molecular formula is C13H9BrF3NO. The van der Waals surface area contributed by atoms with Crippen LogP contribution in [-0.2, 0) is 6.18 Å². The van der Waals surface area contributed by atoms with E-state index in [0.29, 0.717) is 5.75 Å². The molecule has 0 saturated heterocycles. The van der Waals surface area contributed by atoms with E-state index in [1.165, 1.54) is 6.07 Å². The molecule has 2 nitrogen and oxygen atoms in total. The molecule has 0 bridgehead atoms. The van der Waals surface area contributed by atoms with Crippen molar-refractivity contribution >= 4 is 21.6 Å². The summed E-state index contributed by atoms with van der Waals surface area (Å²) in [6.07, 6.45) is -4.41. The first kappa shape index (κ1) is 13.7. The second-order valence-electron chi connectivity index (χ2n) is 3.81. The van der Waals surface area contributed by atoms with Crippen molar-refractivity contribution in [1.82, 2.24) is 0 Å². The quantitative estimate of drug-likeness (QED) is 0.799. The summed E-state index contributed by atoms with van der Waals surface area (Å²) in [5.74, 6) is 0.685. The van der Waals surface area contributed by atoms with Gasteiger partial charge in [0.05, 0.1) is 11.3 Å². The van der Waals surface area contributed by atoms with Crippen molar-refractivity contribution in [3.63, 3.8) is 0 Å². The maximum atomic E-state index is 12.5. The van der Waals surface area contributed by atoms with Gasteiger partial charge in [0.2, 0.25) is 0 Å². The Hall–Kier alpha value is -1.69. The molecule has 0 unspecified atom stereocenters. The van der Waals surface area contributed by atoms with Gasteiger partial charge in [0.25, 0.3) is 0 Å². The number of nitrogen functional groups attached to an aromatic ring is 1. The van der Waals surface area contributed by atoms with Crippen LogP contribution in [0.4, 0.5) is 18.9 Å². The van der Waals surface area contributed by atoms with Crippen LogP contribution in [-0.4, -0.2) is 0 Å². The van der Waals surface area contributed by atoms with Gasteiger partial charge in [0.1, 0.15) is 11.5 Å². The third-order valence-electron chi connectivity index (χ3n) is 2.38. The molecule has 0 spiro atoms. The van der Waals surface area contributed by atoms with Gasteiger partial charge in [-0.25, -0.2) is 0 Å². The molecule has 6 heteroatoms. The average molecular weight is 332 g/mol. The van der Waals surface area contributed by atoms with E-state index in [1.54, 1.807) is 24.3 Å². The van der Waals surface area contributed by atoms with Crippen LogP contribution >= 0.6 is 15.9 Å². The standard InChI is InChI=1S/C13H9BrF3NO/c14-9-2-4-10(5-3-9)19-12-6-1-8(7-11(12)18)13(15,16)17/h1-7H,18H2. The molecule has 0 radical (unpaired) electrons. The number of alkyl halides is 3. The number of hydrogen-bond acceptors (Lipinski definition) is 2. The molecule has 2 aromatic carbocycles. The summed E-state index contributed by atoms with van der Waals surface area (Å²) in [6.45, 7) is 0. The SMILES string of the molecule is Nc1cc(C(F)(F)F)ccc1Oc1ccc(Br)cc1. The van der Waals surface area contributed by atoms with Gasteiger partial charge in [0, 0.05) is 4.47 Å². The molecule has 0 saturated carbocycles. The van der Waals surface area contributed by atoms with Crippen LogP contribution in [0.15, 0.2) is 46.9 Å². The highest BCUT2D eigenvalue weighted by Gasteiger charge is 2.30. The fourth-order valence-corrected chi connectivity index (χ4v) is 1.71. The zero-order valence-electron chi connectivity index (χ0n) is 9.54. The molecular weight excluding hydrogens is 323 g/mol. The van der Waals surface area contributed by atoms with Gasteiger partial charge < -0.3 is 10.5 Å². The number of ether oxygens (including phenoxy) is 1. The zero-order valence-corrected chi connectivity index (χ0v) is 11.1. The van der Waals surface area contributed by atoms with E-state index in [4.69, 9.17) is 10.5 Å². The molecule has 100 valence electrons. The topological polar surface area (TPSA) is 35.2 Å². The molecule has 0 aliphatic carbocycles. The van der Waals surface area contributed by atoms with E-state index in [2.05, 4.69) is 15.9 Å². The first-order chi connectivity index (χ1) is 8.86. The largest absolute Gasteiger partial charge is 0.455 e. The van der Waals surface area contributed by atoms with E-state index in [1.807, 2.05) is 0 Å². The summed E-state index contributed by atoms with van der Waals surface area (Å²) in [4.78, 5) is 0. The van der Waals surface area contributed by atoms with E-state index < -0.39 is 11.7 Å². The van der Waals surface area contributed by atoms with Gasteiger partial charge >= 0.3 is 6.18 Å². The van der Waals surface area contributed by atoms with Gasteiger partial charge in [-0.15, -0.1) is 0 Å². The summed E-state index contributed by atoms with van der Waals surface area (Å²) in [5.41, 5.74) is 4.71. The Labute approximate surface area is 116 Å². The summed E-state index contributed by atoms with van der Waals surface area (Å²) >= 11 is 3.27. The van der Waals surface area contributed by atoms with Crippen molar-refractivity contribution in [2.45, 2.75) is 6.18 Å². The van der Waals surface area contributed by atoms with Crippen LogP contribution in [0.25, 0.3) is 0 Å². The number of halogens is 4. The lowest BCUT2D eigenvalue weighted by molar-refractivity contribution is -0.137. The van der Waals surface area contributed by atoms with Crippen LogP contribution < -0.4 is 10.5 Å². The molecule has 2 N–H and O–H groups in total. The molecule has 0 heterocycles. The van der Waals surface area contributed by atoms with Crippen molar-refractivity contribution in [3.05, 3.63) is 52.5 Å². The lowest BCUT2D eigenvalue weighted by Crippen LogP contribution is -2.05. The normalized spacial score (nSPS) is 11.4. The minimum absolute atomic E-state index is 0.0576. The smallest absolute Gasteiger partial charge is 0.416 e. The van der Waals surface area contributed by atoms with Crippen LogP contribution in [0.1, 0.15) is 5.56 Å². The molecule has 0 fully saturated rings. The van der Waals surface area contributed by atoms with Crippen LogP contribution in [0, 0.1) is 0 Å². The molecule has 0 aromatic heterocycles. The molecule has 2 rings (SSSR count). The number of hydrogen-bond donors (Lipinski definition) is 1. The van der Waals surface area contributed by atoms with Crippen LogP contribution in [0.3, 0.4) is 0 Å². The Morgan fingerprint density at radius 2 is 1.63 bits per heavy atom. The van der Waals surface area contributed by atoms with Gasteiger partial charge in [-0.1, -0.05) is 15.9 Å². The van der Waals surface area contributed by atoms with Crippen molar-refractivity contribution < 1.29 is 17.9 Å². The van der Waals surface area contributed by atoms with E-state index in [-0.39, 0.29) is 11.4 Å². The molecule has 0 atom stereocenters. The van der Waals surface area contributed by atoms with Crippen molar-refractivity contribution in [2.24, 2.45) is 0 Å². The minimum atomic E-state index is -4.41. The zero-order chi connectivity index (χ0) is 14.0. The highest BCUT2D eigenvalue weighted by molar-refractivity contribution is 9.10. The maximum Gasteiger partial charge on any atom is 0.416 e. The van der Waals surface area contributed by atoms with Gasteiger partial charge in [-0.2, -0.15) is 13.2 Å². The van der Waals surface area contributed by atoms with Crippen molar-refractivity contribution in [2.75, 3.05) is 5.73 Å². The average Bonchev–Trinajstić information content (AvgIpc) is 2.33. The monoisotopic (exact) mass is 331 g/mol. The van der Waals surface area contributed by atoms with Gasteiger partial charge in [-0.05, 0) is 42.5 Å². The Morgan fingerprint density at radius 1 is 1.00 bits per heavy atom. The molecule has 0 aliphatic heterocycles. The highest BCUT2D eigenvalue weighted by atomic mass is 79.9. The molecule has 0 aliphatic rings. The Kier molecular flexibility index (Phi) is 3.71. The van der Waals surface area contributed by atoms with Crippen LogP contribution in [0.5, 0.6) is 11.5 Å². The van der Waals surface area contributed by atoms with Gasteiger partial charge in [0.15, 0.2) is 0 Å². The van der Waals surface area contributed by atoms with Crippen LogP contribution in [0.2, 0.25) is 0 Å². The Morgan fingerprint density at radius 3 is 2.16 bits per heavy atom. The minimum Gasteiger partial charge on any atom is -0.455 e. The van der Waals surface area contributed by atoms with Crippen molar-refractivity contribution in [1.29, 1.82) is 0 Å².